The molecule has 0 amide bonds. The zero-order chi connectivity index (χ0) is 15.1. The van der Waals surface area contributed by atoms with Crippen LogP contribution >= 0.6 is 0 Å². The third-order valence-electron chi connectivity index (χ3n) is 3.27. The van der Waals surface area contributed by atoms with E-state index in [2.05, 4.69) is 6.92 Å². The number of hydrogen-bond acceptors (Lipinski definition) is 2. The molecule has 0 heterocycles. The van der Waals surface area contributed by atoms with Gasteiger partial charge in [0, 0.05) is 6.08 Å². The molecule has 0 unspecified atom stereocenters. The second-order valence-corrected chi connectivity index (χ2v) is 5.00. The molecule has 0 aliphatic carbocycles. The van der Waals surface area contributed by atoms with Crippen LogP contribution in [-0.4, -0.2) is 17.7 Å². The fourth-order valence-electron chi connectivity index (χ4n) is 2.15. The molecule has 2 rings (SSSR count). The zero-order valence-electron chi connectivity index (χ0n) is 12.2. The SMILES string of the molecule is CCCCCOc1ccc2cc(C=CC(=O)O)ccc2c1. The maximum Gasteiger partial charge on any atom is 0.328 e. The van der Waals surface area contributed by atoms with E-state index in [4.69, 9.17) is 9.84 Å². The Bertz CT molecular complexity index is 644. The highest BCUT2D eigenvalue weighted by atomic mass is 16.5. The highest BCUT2D eigenvalue weighted by molar-refractivity contribution is 5.89. The van der Waals surface area contributed by atoms with Gasteiger partial charge in [0.15, 0.2) is 0 Å². The van der Waals surface area contributed by atoms with Crippen molar-refractivity contribution < 1.29 is 14.6 Å². The van der Waals surface area contributed by atoms with Gasteiger partial charge in [-0.3, -0.25) is 0 Å². The number of carboxylic acid groups (broad SMARTS) is 1. The summed E-state index contributed by atoms with van der Waals surface area (Å²) in [5, 5.41) is 10.8. The summed E-state index contributed by atoms with van der Waals surface area (Å²) in [6, 6.07) is 11.8. The molecule has 0 aromatic heterocycles. The number of ether oxygens (including phenoxy) is 1. The second kappa shape index (κ2) is 7.48. The smallest absolute Gasteiger partial charge is 0.328 e. The van der Waals surface area contributed by atoms with Gasteiger partial charge in [-0.05, 0) is 47.0 Å². The van der Waals surface area contributed by atoms with Crippen molar-refractivity contribution in [2.45, 2.75) is 26.2 Å². The summed E-state index contributed by atoms with van der Waals surface area (Å²) in [6.45, 7) is 2.92. The van der Waals surface area contributed by atoms with E-state index >= 15 is 0 Å². The van der Waals surface area contributed by atoms with E-state index in [1.165, 1.54) is 12.8 Å². The zero-order valence-corrected chi connectivity index (χ0v) is 12.2. The highest BCUT2D eigenvalue weighted by Gasteiger charge is 1.99. The average molecular weight is 284 g/mol. The van der Waals surface area contributed by atoms with E-state index in [0.29, 0.717) is 0 Å². The third kappa shape index (κ3) is 4.63. The molecule has 0 fully saturated rings. The van der Waals surface area contributed by atoms with Gasteiger partial charge in [0.25, 0.3) is 0 Å². The molecule has 3 heteroatoms. The third-order valence-corrected chi connectivity index (χ3v) is 3.27. The summed E-state index contributed by atoms with van der Waals surface area (Å²) >= 11 is 0. The first-order chi connectivity index (χ1) is 10.2. The molecule has 0 aliphatic heterocycles. The maximum absolute atomic E-state index is 10.5. The van der Waals surface area contributed by atoms with Crippen LogP contribution in [0.25, 0.3) is 16.8 Å². The Morgan fingerprint density at radius 3 is 2.67 bits per heavy atom. The summed E-state index contributed by atoms with van der Waals surface area (Å²) in [4.78, 5) is 10.5. The van der Waals surface area contributed by atoms with Crippen LogP contribution in [0.5, 0.6) is 5.75 Å². The van der Waals surface area contributed by atoms with Gasteiger partial charge >= 0.3 is 5.97 Å². The summed E-state index contributed by atoms with van der Waals surface area (Å²) < 4.78 is 5.73. The lowest BCUT2D eigenvalue weighted by molar-refractivity contribution is -0.131. The first-order valence-corrected chi connectivity index (χ1v) is 7.26. The van der Waals surface area contributed by atoms with Crippen LogP contribution in [0.1, 0.15) is 31.7 Å². The topological polar surface area (TPSA) is 46.5 Å². The second-order valence-electron chi connectivity index (χ2n) is 5.00. The van der Waals surface area contributed by atoms with Gasteiger partial charge in [0.2, 0.25) is 0 Å². The van der Waals surface area contributed by atoms with E-state index in [9.17, 15) is 4.79 Å². The molecular formula is C18H20O3. The van der Waals surface area contributed by atoms with Crippen LogP contribution in [0.3, 0.4) is 0 Å². The summed E-state index contributed by atoms with van der Waals surface area (Å²) in [6.07, 6.45) is 6.19. The molecule has 0 spiro atoms. The number of carbonyl (C=O) groups is 1. The van der Waals surface area contributed by atoms with Crippen molar-refractivity contribution in [3.05, 3.63) is 48.0 Å². The van der Waals surface area contributed by atoms with Crippen LogP contribution in [0.4, 0.5) is 0 Å². The lowest BCUT2D eigenvalue weighted by Crippen LogP contribution is -1.96. The van der Waals surface area contributed by atoms with Crippen LogP contribution in [0, 0.1) is 0 Å². The molecule has 21 heavy (non-hydrogen) atoms. The number of carboxylic acids is 1. The van der Waals surface area contributed by atoms with Gasteiger partial charge in [-0.15, -0.1) is 0 Å². The Morgan fingerprint density at radius 2 is 1.90 bits per heavy atom. The van der Waals surface area contributed by atoms with Gasteiger partial charge in [-0.25, -0.2) is 4.79 Å². The number of rotatable bonds is 7. The molecular weight excluding hydrogens is 264 g/mol. The molecule has 0 aliphatic rings. The van der Waals surface area contributed by atoms with Gasteiger partial charge in [0.05, 0.1) is 6.61 Å². The van der Waals surface area contributed by atoms with Crippen molar-refractivity contribution in [2.75, 3.05) is 6.61 Å². The molecule has 0 radical (unpaired) electrons. The van der Waals surface area contributed by atoms with Gasteiger partial charge in [-0.2, -0.15) is 0 Å². The Kier molecular flexibility index (Phi) is 5.38. The fraction of sp³-hybridized carbons (Fsp3) is 0.278. The van der Waals surface area contributed by atoms with Crippen molar-refractivity contribution in [1.29, 1.82) is 0 Å². The molecule has 2 aromatic carbocycles. The molecule has 0 saturated carbocycles. The number of aliphatic carboxylic acids is 1. The predicted octanol–water partition coefficient (Wildman–Crippen LogP) is 4.51. The Labute approximate surface area is 124 Å². The number of hydrogen-bond donors (Lipinski definition) is 1. The fourth-order valence-corrected chi connectivity index (χ4v) is 2.15. The van der Waals surface area contributed by atoms with Crippen LogP contribution < -0.4 is 4.74 Å². The quantitative estimate of drug-likeness (QED) is 0.601. The summed E-state index contributed by atoms with van der Waals surface area (Å²) in [5.41, 5.74) is 0.876. The Balaban J connectivity index is 2.10. The van der Waals surface area contributed by atoms with Crippen molar-refractivity contribution >= 4 is 22.8 Å². The molecule has 110 valence electrons. The van der Waals surface area contributed by atoms with E-state index < -0.39 is 5.97 Å². The summed E-state index contributed by atoms with van der Waals surface area (Å²) in [7, 11) is 0. The standard InChI is InChI=1S/C18H20O3/c1-2-3-4-11-21-17-9-8-15-12-14(6-10-18(19)20)5-7-16(15)13-17/h5-10,12-13H,2-4,11H2,1H3,(H,19,20). The highest BCUT2D eigenvalue weighted by Crippen LogP contribution is 2.22. The largest absolute Gasteiger partial charge is 0.494 e. The van der Waals surface area contributed by atoms with Crippen molar-refractivity contribution in [1.82, 2.24) is 0 Å². The van der Waals surface area contributed by atoms with Crippen LogP contribution in [0.2, 0.25) is 0 Å². The van der Waals surface area contributed by atoms with E-state index in [-0.39, 0.29) is 0 Å². The van der Waals surface area contributed by atoms with Crippen molar-refractivity contribution in [2.24, 2.45) is 0 Å². The van der Waals surface area contributed by atoms with Crippen LogP contribution in [-0.2, 0) is 4.79 Å². The van der Waals surface area contributed by atoms with Crippen LogP contribution in [0.15, 0.2) is 42.5 Å². The molecule has 2 aromatic rings. The van der Waals surface area contributed by atoms with E-state index in [1.807, 2.05) is 36.4 Å². The summed E-state index contributed by atoms with van der Waals surface area (Å²) in [5.74, 6) is -0.0571. The average Bonchev–Trinajstić information content (AvgIpc) is 2.49. The Morgan fingerprint density at radius 1 is 1.14 bits per heavy atom. The number of fused-ring (bicyclic) bond motifs is 1. The minimum Gasteiger partial charge on any atom is -0.494 e. The van der Waals surface area contributed by atoms with Gasteiger partial charge in [0.1, 0.15) is 5.75 Å². The molecule has 3 nitrogen and oxygen atoms in total. The molecule has 0 atom stereocenters. The normalized spacial score (nSPS) is 11.1. The monoisotopic (exact) mass is 284 g/mol. The lowest BCUT2D eigenvalue weighted by atomic mass is 10.1. The van der Waals surface area contributed by atoms with Crippen molar-refractivity contribution in [3.8, 4) is 5.75 Å². The Hall–Kier alpha value is -2.29. The number of unbranched alkanes of at least 4 members (excludes halogenated alkanes) is 2. The molecule has 0 bridgehead atoms. The van der Waals surface area contributed by atoms with E-state index in [0.717, 1.165) is 41.2 Å². The van der Waals surface area contributed by atoms with Gasteiger partial charge in [-0.1, -0.05) is 38.0 Å². The first-order valence-electron chi connectivity index (χ1n) is 7.26. The van der Waals surface area contributed by atoms with E-state index in [1.54, 1.807) is 6.08 Å². The predicted molar refractivity (Wildman–Crippen MR) is 85.6 cm³/mol. The lowest BCUT2D eigenvalue weighted by Gasteiger charge is -2.07. The van der Waals surface area contributed by atoms with Crippen molar-refractivity contribution in [3.63, 3.8) is 0 Å². The number of benzene rings is 2. The molecule has 1 N–H and O–H groups in total. The molecule has 0 saturated heterocycles. The maximum atomic E-state index is 10.5. The minimum absolute atomic E-state index is 0.749. The minimum atomic E-state index is -0.939. The van der Waals surface area contributed by atoms with Gasteiger partial charge < -0.3 is 9.84 Å². The first kappa shape index (κ1) is 15.1.